The number of carboxylic acid groups (broad SMARTS) is 1. The van der Waals surface area contributed by atoms with Gasteiger partial charge in [0.05, 0.1) is 6.10 Å². The smallest absolute Gasteiger partial charge is 0.347 e. The molecule has 0 fully saturated rings. The quantitative estimate of drug-likeness (QED) is 0.824. The highest BCUT2D eigenvalue weighted by molar-refractivity contribution is 6.30. The minimum Gasteiger partial charge on any atom is -0.478 e. The maximum absolute atomic E-state index is 10.7. The van der Waals surface area contributed by atoms with Crippen molar-refractivity contribution < 1.29 is 19.7 Å². The van der Waals surface area contributed by atoms with E-state index in [-0.39, 0.29) is 0 Å². The minimum absolute atomic E-state index is 0.354. The molecule has 15 heavy (non-hydrogen) atoms. The van der Waals surface area contributed by atoms with Crippen molar-refractivity contribution in [1.29, 1.82) is 0 Å². The Bertz CT molecular complexity index is 334. The average molecular weight is 231 g/mol. The zero-order valence-electron chi connectivity index (χ0n) is 8.05. The summed E-state index contributed by atoms with van der Waals surface area (Å²) in [5, 5.41) is 18.4. The standard InChI is InChI=1S/C10H11ClO4/c1-6(12)9(10(13)14)15-8-4-2-7(11)3-5-8/h2-6,9,12H,1H3,(H,13,14)/t6-,9-/m0/s1. The second-order valence-corrected chi connectivity index (χ2v) is 3.51. The van der Waals surface area contributed by atoms with Crippen LogP contribution in [-0.4, -0.2) is 28.4 Å². The summed E-state index contributed by atoms with van der Waals surface area (Å²) in [6, 6.07) is 6.25. The van der Waals surface area contributed by atoms with E-state index in [1.807, 2.05) is 0 Å². The second kappa shape index (κ2) is 5.00. The fourth-order valence-electron chi connectivity index (χ4n) is 1.01. The van der Waals surface area contributed by atoms with Crippen LogP contribution in [0.4, 0.5) is 0 Å². The van der Waals surface area contributed by atoms with E-state index in [4.69, 9.17) is 26.6 Å². The van der Waals surface area contributed by atoms with Gasteiger partial charge < -0.3 is 14.9 Å². The zero-order valence-corrected chi connectivity index (χ0v) is 8.81. The van der Waals surface area contributed by atoms with Crippen LogP contribution in [0.3, 0.4) is 0 Å². The fraction of sp³-hybridized carbons (Fsp3) is 0.300. The van der Waals surface area contributed by atoms with E-state index in [2.05, 4.69) is 0 Å². The average Bonchev–Trinajstić information content (AvgIpc) is 2.15. The van der Waals surface area contributed by atoms with Crippen molar-refractivity contribution >= 4 is 17.6 Å². The number of aliphatic carboxylic acids is 1. The molecule has 0 aliphatic carbocycles. The number of aliphatic hydroxyl groups is 1. The summed E-state index contributed by atoms with van der Waals surface area (Å²) < 4.78 is 5.08. The van der Waals surface area contributed by atoms with E-state index in [0.717, 1.165) is 0 Å². The predicted octanol–water partition coefficient (Wildman–Crippen LogP) is 1.55. The van der Waals surface area contributed by atoms with Gasteiger partial charge in [-0.05, 0) is 31.2 Å². The second-order valence-electron chi connectivity index (χ2n) is 3.07. The van der Waals surface area contributed by atoms with Crippen LogP contribution in [0.15, 0.2) is 24.3 Å². The van der Waals surface area contributed by atoms with Gasteiger partial charge in [0, 0.05) is 5.02 Å². The topological polar surface area (TPSA) is 66.8 Å². The summed E-state index contributed by atoms with van der Waals surface area (Å²) in [4.78, 5) is 10.7. The Labute approximate surface area is 92.1 Å². The first-order valence-corrected chi connectivity index (χ1v) is 4.71. The molecular weight excluding hydrogens is 220 g/mol. The summed E-state index contributed by atoms with van der Waals surface area (Å²) in [6.45, 7) is 1.36. The van der Waals surface area contributed by atoms with E-state index in [9.17, 15) is 4.79 Å². The molecule has 1 aromatic rings. The lowest BCUT2D eigenvalue weighted by atomic mass is 10.2. The summed E-state index contributed by atoms with van der Waals surface area (Å²) in [5.74, 6) is -0.854. The lowest BCUT2D eigenvalue weighted by Crippen LogP contribution is -2.37. The molecule has 4 nitrogen and oxygen atoms in total. The Morgan fingerprint density at radius 1 is 1.40 bits per heavy atom. The highest BCUT2D eigenvalue weighted by atomic mass is 35.5. The Morgan fingerprint density at radius 2 is 1.93 bits per heavy atom. The van der Waals surface area contributed by atoms with E-state index in [1.54, 1.807) is 24.3 Å². The molecule has 0 unspecified atom stereocenters. The molecule has 0 aliphatic rings. The predicted molar refractivity (Wildman–Crippen MR) is 55.2 cm³/mol. The number of carbonyl (C=O) groups is 1. The van der Waals surface area contributed by atoms with Crippen LogP contribution in [-0.2, 0) is 4.79 Å². The first-order chi connectivity index (χ1) is 7.00. The number of hydrogen-bond donors (Lipinski definition) is 2. The Morgan fingerprint density at radius 3 is 2.33 bits per heavy atom. The van der Waals surface area contributed by atoms with Gasteiger partial charge in [0.2, 0.25) is 6.10 Å². The number of aliphatic hydroxyl groups excluding tert-OH is 1. The largest absolute Gasteiger partial charge is 0.478 e. The fourth-order valence-corrected chi connectivity index (χ4v) is 1.14. The maximum Gasteiger partial charge on any atom is 0.347 e. The molecule has 0 spiro atoms. The van der Waals surface area contributed by atoms with Crippen molar-refractivity contribution in [1.82, 2.24) is 0 Å². The summed E-state index contributed by atoms with van der Waals surface area (Å²) >= 11 is 5.65. The van der Waals surface area contributed by atoms with Gasteiger partial charge in [-0.2, -0.15) is 0 Å². The number of benzene rings is 1. The summed E-state index contributed by atoms with van der Waals surface area (Å²) in [6.07, 6.45) is -2.36. The van der Waals surface area contributed by atoms with Crippen LogP contribution in [0.25, 0.3) is 0 Å². The van der Waals surface area contributed by atoms with Crippen molar-refractivity contribution in [3.63, 3.8) is 0 Å². The zero-order chi connectivity index (χ0) is 11.4. The molecule has 0 aromatic heterocycles. The summed E-state index contributed by atoms with van der Waals surface area (Å²) in [7, 11) is 0. The molecule has 0 bridgehead atoms. The van der Waals surface area contributed by atoms with Gasteiger partial charge in [0.15, 0.2) is 0 Å². The van der Waals surface area contributed by atoms with Crippen molar-refractivity contribution in [3.8, 4) is 5.75 Å². The third kappa shape index (κ3) is 3.42. The van der Waals surface area contributed by atoms with E-state index in [0.29, 0.717) is 10.8 Å². The van der Waals surface area contributed by atoms with Gasteiger partial charge in [-0.25, -0.2) is 4.79 Å². The lowest BCUT2D eigenvalue weighted by molar-refractivity contribution is -0.149. The van der Waals surface area contributed by atoms with Crippen LogP contribution in [0.2, 0.25) is 5.02 Å². The molecule has 1 rings (SSSR count). The molecule has 0 aliphatic heterocycles. The highest BCUT2D eigenvalue weighted by Crippen LogP contribution is 2.17. The Balaban J connectivity index is 2.74. The third-order valence-electron chi connectivity index (χ3n) is 1.76. The Kier molecular flexibility index (Phi) is 3.94. The maximum atomic E-state index is 10.7. The highest BCUT2D eigenvalue weighted by Gasteiger charge is 2.24. The van der Waals surface area contributed by atoms with Gasteiger partial charge in [0.1, 0.15) is 5.75 Å². The number of halogens is 1. The van der Waals surface area contributed by atoms with Crippen molar-refractivity contribution in [2.45, 2.75) is 19.1 Å². The molecule has 0 heterocycles. The SMILES string of the molecule is C[C@H](O)[C@H](Oc1ccc(Cl)cc1)C(=O)O. The van der Waals surface area contributed by atoms with Crippen molar-refractivity contribution in [2.75, 3.05) is 0 Å². The van der Waals surface area contributed by atoms with Crippen LogP contribution in [0.1, 0.15) is 6.92 Å². The van der Waals surface area contributed by atoms with Crippen LogP contribution in [0.5, 0.6) is 5.75 Å². The first kappa shape index (κ1) is 11.8. The monoisotopic (exact) mass is 230 g/mol. The van der Waals surface area contributed by atoms with Gasteiger partial charge in [-0.1, -0.05) is 11.6 Å². The first-order valence-electron chi connectivity index (χ1n) is 4.34. The van der Waals surface area contributed by atoms with Crippen LogP contribution in [0, 0.1) is 0 Å². The molecule has 2 N–H and O–H groups in total. The lowest BCUT2D eigenvalue weighted by Gasteiger charge is -2.17. The molecular formula is C10H11ClO4. The molecule has 5 heteroatoms. The molecule has 82 valence electrons. The molecule has 0 radical (unpaired) electrons. The molecule has 0 saturated carbocycles. The number of hydrogen-bond acceptors (Lipinski definition) is 3. The van der Waals surface area contributed by atoms with Gasteiger partial charge >= 0.3 is 5.97 Å². The number of carboxylic acids is 1. The van der Waals surface area contributed by atoms with E-state index < -0.39 is 18.2 Å². The van der Waals surface area contributed by atoms with Gasteiger partial charge in [-0.15, -0.1) is 0 Å². The molecule has 2 atom stereocenters. The van der Waals surface area contributed by atoms with Crippen LogP contribution >= 0.6 is 11.6 Å². The number of rotatable bonds is 4. The molecule has 0 amide bonds. The van der Waals surface area contributed by atoms with Gasteiger partial charge in [0.25, 0.3) is 0 Å². The number of ether oxygens (including phenoxy) is 1. The summed E-state index contributed by atoms with van der Waals surface area (Å²) in [5.41, 5.74) is 0. The van der Waals surface area contributed by atoms with Crippen LogP contribution < -0.4 is 4.74 Å². The minimum atomic E-state index is -1.27. The normalized spacial score (nSPS) is 14.3. The Hall–Kier alpha value is -1.26. The third-order valence-corrected chi connectivity index (χ3v) is 2.01. The van der Waals surface area contributed by atoms with E-state index in [1.165, 1.54) is 6.92 Å². The molecule has 0 saturated heterocycles. The van der Waals surface area contributed by atoms with E-state index >= 15 is 0 Å². The van der Waals surface area contributed by atoms with Crippen molar-refractivity contribution in [2.24, 2.45) is 0 Å². The van der Waals surface area contributed by atoms with Gasteiger partial charge in [-0.3, -0.25) is 0 Å². The van der Waals surface area contributed by atoms with Crippen molar-refractivity contribution in [3.05, 3.63) is 29.3 Å². The molecule has 1 aromatic carbocycles.